The highest BCUT2D eigenvalue weighted by Crippen LogP contribution is 2.23. The van der Waals surface area contributed by atoms with Gasteiger partial charge in [0.15, 0.2) is 11.5 Å². The summed E-state index contributed by atoms with van der Waals surface area (Å²) in [6.07, 6.45) is -4.76. The number of aromatic carboxylic acids is 1. The van der Waals surface area contributed by atoms with E-state index in [1.54, 1.807) is 6.07 Å². The van der Waals surface area contributed by atoms with Gasteiger partial charge >= 0.3 is 12.3 Å². The molecule has 0 radical (unpaired) electrons. The molecular formula is C13H10F3NO5. The Kier molecular flexibility index (Phi) is 4.66. The highest BCUT2D eigenvalue weighted by molar-refractivity contribution is 5.85. The van der Waals surface area contributed by atoms with Gasteiger partial charge in [0.1, 0.15) is 12.4 Å². The second-order valence-corrected chi connectivity index (χ2v) is 4.17. The minimum absolute atomic E-state index is 0.00182. The van der Waals surface area contributed by atoms with Crippen molar-refractivity contribution in [1.82, 2.24) is 5.16 Å². The minimum atomic E-state index is -4.76. The van der Waals surface area contributed by atoms with Gasteiger partial charge in [-0.1, -0.05) is 17.3 Å². The van der Waals surface area contributed by atoms with Crippen molar-refractivity contribution in [2.45, 2.75) is 19.6 Å². The van der Waals surface area contributed by atoms with E-state index in [0.29, 0.717) is 5.56 Å². The summed E-state index contributed by atoms with van der Waals surface area (Å²) in [5, 5.41) is 12.0. The Bertz CT molecular complexity index is 653. The molecule has 0 saturated heterocycles. The molecule has 6 nitrogen and oxygen atoms in total. The lowest BCUT2D eigenvalue weighted by atomic mass is 10.2. The van der Waals surface area contributed by atoms with Crippen molar-refractivity contribution >= 4 is 5.97 Å². The number of ether oxygens (including phenoxy) is 2. The van der Waals surface area contributed by atoms with Crippen LogP contribution in [0, 0.1) is 0 Å². The van der Waals surface area contributed by atoms with Crippen LogP contribution in [0.15, 0.2) is 34.9 Å². The topological polar surface area (TPSA) is 81.8 Å². The molecule has 0 spiro atoms. The van der Waals surface area contributed by atoms with Crippen LogP contribution in [0.1, 0.15) is 21.8 Å². The van der Waals surface area contributed by atoms with Crippen LogP contribution in [0.2, 0.25) is 0 Å². The van der Waals surface area contributed by atoms with Gasteiger partial charge in [-0.3, -0.25) is 0 Å². The highest BCUT2D eigenvalue weighted by Gasteiger charge is 2.31. The van der Waals surface area contributed by atoms with E-state index >= 15 is 0 Å². The Morgan fingerprint density at radius 2 is 2.05 bits per heavy atom. The SMILES string of the molecule is O=C(O)c1cc(COCc2cccc(OC(F)(F)F)c2)on1. The van der Waals surface area contributed by atoms with Crippen LogP contribution in [0.3, 0.4) is 0 Å². The van der Waals surface area contributed by atoms with Gasteiger partial charge in [-0.05, 0) is 17.7 Å². The molecule has 0 atom stereocenters. The molecular weight excluding hydrogens is 307 g/mol. The fraction of sp³-hybridized carbons (Fsp3) is 0.231. The molecule has 0 bridgehead atoms. The molecule has 0 amide bonds. The average Bonchev–Trinajstić information content (AvgIpc) is 2.86. The molecule has 22 heavy (non-hydrogen) atoms. The predicted molar refractivity (Wildman–Crippen MR) is 65.1 cm³/mol. The highest BCUT2D eigenvalue weighted by atomic mass is 19.4. The van der Waals surface area contributed by atoms with E-state index in [-0.39, 0.29) is 30.4 Å². The number of carboxylic acids is 1. The van der Waals surface area contributed by atoms with Gasteiger partial charge in [0.05, 0.1) is 6.61 Å². The first-order valence-electron chi connectivity index (χ1n) is 5.95. The number of carboxylic acid groups (broad SMARTS) is 1. The van der Waals surface area contributed by atoms with Gasteiger partial charge in [0.25, 0.3) is 0 Å². The number of benzene rings is 1. The summed E-state index contributed by atoms with van der Waals surface area (Å²) in [7, 11) is 0. The molecule has 1 aromatic carbocycles. The molecule has 0 fully saturated rings. The Hall–Kier alpha value is -2.55. The fourth-order valence-electron chi connectivity index (χ4n) is 1.58. The van der Waals surface area contributed by atoms with E-state index in [1.165, 1.54) is 24.3 Å². The number of aromatic nitrogens is 1. The third kappa shape index (κ3) is 4.77. The molecule has 0 saturated carbocycles. The Labute approximate surface area is 122 Å². The second kappa shape index (κ2) is 6.48. The van der Waals surface area contributed by atoms with Crippen LogP contribution in [0.4, 0.5) is 13.2 Å². The number of hydrogen-bond donors (Lipinski definition) is 1. The zero-order valence-corrected chi connectivity index (χ0v) is 11.0. The molecule has 1 N–H and O–H groups in total. The molecule has 0 aliphatic heterocycles. The summed E-state index contributed by atoms with van der Waals surface area (Å²) < 4.78 is 50.0. The monoisotopic (exact) mass is 317 g/mol. The maximum absolute atomic E-state index is 12.1. The molecule has 0 aliphatic carbocycles. The van der Waals surface area contributed by atoms with Crippen molar-refractivity contribution in [3.05, 3.63) is 47.3 Å². The largest absolute Gasteiger partial charge is 0.573 e. The first kappa shape index (κ1) is 15.8. The number of halogens is 3. The van der Waals surface area contributed by atoms with Crippen molar-refractivity contribution in [2.24, 2.45) is 0 Å². The Balaban J connectivity index is 1.88. The maximum Gasteiger partial charge on any atom is 0.573 e. The van der Waals surface area contributed by atoms with Gasteiger partial charge in [-0.25, -0.2) is 4.79 Å². The summed E-state index contributed by atoms with van der Waals surface area (Å²) in [4.78, 5) is 10.6. The lowest BCUT2D eigenvalue weighted by Gasteiger charge is -2.10. The number of hydrogen-bond acceptors (Lipinski definition) is 5. The molecule has 2 aromatic rings. The summed E-state index contributed by atoms with van der Waals surface area (Å²) in [6.45, 7) is -0.0667. The normalized spacial score (nSPS) is 11.4. The van der Waals surface area contributed by atoms with E-state index < -0.39 is 12.3 Å². The minimum Gasteiger partial charge on any atom is -0.476 e. The Morgan fingerprint density at radius 3 is 2.68 bits per heavy atom. The van der Waals surface area contributed by atoms with Crippen LogP contribution in [-0.2, 0) is 18.0 Å². The molecule has 118 valence electrons. The van der Waals surface area contributed by atoms with Crippen LogP contribution in [0.25, 0.3) is 0 Å². The third-order valence-electron chi connectivity index (χ3n) is 2.42. The Morgan fingerprint density at radius 1 is 1.27 bits per heavy atom. The van der Waals surface area contributed by atoms with Crippen LogP contribution >= 0.6 is 0 Å². The van der Waals surface area contributed by atoms with Crippen molar-refractivity contribution < 1.29 is 37.1 Å². The van der Waals surface area contributed by atoms with E-state index in [0.717, 1.165) is 0 Å². The van der Waals surface area contributed by atoms with Crippen molar-refractivity contribution in [3.8, 4) is 5.75 Å². The summed E-state index contributed by atoms with van der Waals surface area (Å²) in [5.41, 5.74) is 0.207. The molecule has 1 heterocycles. The van der Waals surface area contributed by atoms with Gasteiger partial charge < -0.3 is 19.1 Å². The number of carbonyl (C=O) groups is 1. The number of nitrogens with zero attached hydrogens (tertiary/aromatic N) is 1. The van der Waals surface area contributed by atoms with Gasteiger partial charge in [-0.15, -0.1) is 13.2 Å². The average molecular weight is 317 g/mol. The quantitative estimate of drug-likeness (QED) is 0.882. The van der Waals surface area contributed by atoms with E-state index in [1.807, 2.05) is 0 Å². The standard InChI is InChI=1S/C13H10F3NO5/c14-13(15,16)21-9-3-1-2-8(4-9)6-20-7-10-5-11(12(18)19)17-22-10/h1-5H,6-7H2,(H,18,19). The molecule has 9 heteroatoms. The smallest absolute Gasteiger partial charge is 0.476 e. The predicted octanol–water partition coefficient (Wildman–Crippen LogP) is 2.99. The second-order valence-electron chi connectivity index (χ2n) is 4.17. The third-order valence-corrected chi connectivity index (χ3v) is 2.42. The van der Waals surface area contributed by atoms with Crippen molar-refractivity contribution in [2.75, 3.05) is 0 Å². The van der Waals surface area contributed by atoms with E-state index in [2.05, 4.69) is 9.89 Å². The lowest BCUT2D eigenvalue weighted by molar-refractivity contribution is -0.274. The summed E-state index contributed by atoms with van der Waals surface area (Å²) in [5.74, 6) is -1.38. The summed E-state index contributed by atoms with van der Waals surface area (Å²) in [6, 6.07) is 6.53. The fourth-order valence-corrected chi connectivity index (χ4v) is 1.58. The lowest BCUT2D eigenvalue weighted by Crippen LogP contribution is -2.17. The summed E-state index contributed by atoms with van der Waals surface area (Å²) >= 11 is 0. The van der Waals surface area contributed by atoms with Crippen LogP contribution in [-0.4, -0.2) is 22.6 Å². The van der Waals surface area contributed by atoms with Crippen LogP contribution < -0.4 is 4.74 Å². The molecule has 0 aliphatic rings. The molecule has 0 unspecified atom stereocenters. The van der Waals surface area contributed by atoms with E-state index in [4.69, 9.17) is 14.4 Å². The molecule has 1 aromatic heterocycles. The van der Waals surface area contributed by atoms with Gasteiger partial charge in [-0.2, -0.15) is 0 Å². The van der Waals surface area contributed by atoms with Crippen LogP contribution in [0.5, 0.6) is 5.75 Å². The first-order chi connectivity index (χ1) is 10.3. The van der Waals surface area contributed by atoms with Crippen molar-refractivity contribution in [3.63, 3.8) is 0 Å². The number of alkyl halides is 3. The zero-order chi connectivity index (χ0) is 16.2. The van der Waals surface area contributed by atoms with Crippen molar-refractivity contribution in [1.29, 1.82) is 0 Å². The zero-order valence-electron chi connectivity index (χ0n) is 11.0. The number of rotatable bonds is 6. The maximum atomic E-state index is 12.1. The molecule has 2 rings (SSSR count). The van der Waals surface area contributed by atoms with E-state index in [9.17, 15) is 18.0 Å². The van der Waals surface area contributed by atoms with Gasteiger partial charge in [0.2, 0.25) is 0 Å². The first-order valence-corrected chi connectivity index (χ1v) is 5.95. The van der Waals surface area contributed by atoms with Gasteiger partial charge in [0, 0.05) is 6.07 Å².